The summed E-state index contributed by atoms with van der Waals surface area (Å²) in [6, 6.07) is 7.68. The van der Waals surface area contributed by atoms with Gasteiger partial charge in [0.2, 0.25) is 0 Å². The molecule has 3 heteroatoms. The fraction of sp³-hybridized carbons (Fsp3) is 0.529. The zero-order valence-corrected chi connectivity index (χ0v) is 11.8. The smallest absolute Gasteiger partial charge is 0.161 e. The third-order valence-electron chi connectivity index (χ3n) is 4.28. The Morgan fingerprint density at radius 2 is 1.70 bits per heavy atom. The van der Waals surface area contributed by atoms with Crippen LogP contribution in [0.2, 0.25) is 0 Å². The second-order valence-corrected chi connectivity index (χ2v) is 5.64. The van der Waals surface area contributed by atoms with Crippen LogP contribution in [0, 0.1) is 0 Å². The van der Waals surface area contributed by atoms with Gasteiger partial charge in [0.05, 0.1) is 13.2 Å². The number of ether oxygens (including phenoxy) is 2. The summed E-state index contributed by atoms with van der Waals surface area (Å²) in [5.74, 6) is 0.980. The molecule has 1 aliphatic heterocycles. The highest BCUT2D eigenvalue weighted by molar-refractivity contribution is 5.29. The number of phenolic OH excluding ortho intramolecular Hbond substituents is 1. The highest BCUT2D eigenvalue weighted by atomic mass is 16.7. The van der Waals surface area contributed by atoms with Crippen LogP contribution in [0.15, 0.2) is 35.9 Å². The Bertz CT molecular complexity index is 448. The van der Waals surface area contributed by atoms with Crippen LogP contribution in [0.5, 0.6) is 5.75 Å². The van der Waals surface area contributed by atoms with Crippen LogP contribution in [0.25, 0.3) is 0 Å². The third-order valence-corrected chi connectivity index (χ3v) is 4.28. The lowest BCUT2D eigenvalue weighted by molar-refractivity contribution is -0.0382. The van der Waals surface area contributed by atoms with Crippen LogP contribution in [0.4, 0.5) is 0 Å². The van der Waals surface area contributed by atoms with Gasteiger partial charge in [-0.1, -0.05) is 23.8 Å². The first-order chi connectivity index (χ1) is 9.81. The van der Waals surface area contributed by atoms with E-state index < -0.39 is 0 Å². The molecule has 20 heavy (non-hydrogen) atoms. The van der Waals surface area contributed by atoms with Gasteiger partial charge in [-0.05, 0) is 49.3 Å². The molecule has 1 heterocycles. The number of benzene rings is 1. The summed E-state index contributed by atoms with van der Waals surface area (Å²) < 4.78 is 10.9. The fourth-order valence-corrected chi connectivity index (χ4v) is 3.08. The molecule has 0 unspecified atom stereocenters. The first-order valence-electron chi connectivity index (χ1n) is 7.51. The van der Waals surface area contributed by atoms with Gasteiger partial charge in [-0.2, -0.15) is 0 Å². The average molecular weight is 274 g/mol. The molecule has 108 valence electrons. The zero-order valence-electron chi connectivity index (χ0n) is 11.8. The minimum atomic E-state index is -0.0164. The van der Waals surface area contributed by atoms with Gasteiger partial charge < -0.3 is 14.6 Å². The van der Waals surface area contributed by atoms with E-state index in [4.69, 9.17) is 9.47 Å². The van der Waals surface area contributed by atoms with Gasteiger partial charge in [-0.15, -0.1) is 0 Å². The summed E-state index contributed by atoms with van der Waals surface area (Å²) in [7, 11) is 0. The number of hydrogen-bond acceptors (Lipinski definition) is 3. The lowest BCUT2D eigenvalue weighted by Crippen LogP contribution is -2.09. The van der Waals surface area contributed by atoms with E-state index in [1.165, 1.54) is 18.4 Å². The highest BCUT2D eigenvalue weighted by Gasteiger charge is 2.19. The molecule has 3 rings (SSSR count). The lowest BCUT2D eigenvalue weighted by atomic mass is 9.81. The van der Waals surface area contributed by atoms with E-state index in [-0.39, 0.29) is 6.29 Å². The van der Waals surface area contributed by atoms with Crippen molar-refractivity contribution in [3.8, 4) is 5.75 Å². The molecule has 3 nitrogen and oxygen atoms in total. The predicted molar refractivity (Wildman–Crippen MR) is 77.7 cm³/mol. The SMILES string of the molecule is Oc1ccc(C2CCC(=CCC3OCCO3)CC2)cc1. The standard InChI is InChI=1S/C17H22O3/c18-16-8-6-15(7-9-16)14-4-1-13(2-5-14)3-10-17-19-11-12-20-17/h3,6-9,14,17-18H,1-2,4-5,10-12H2. The quantitative estimate of drug-likeness (QED) is 0.853. The zero-order chi connectivity index (χ0) is 13.8. The molecule has 0 atom stereocenters. The molecule has 1 saturated heterocycles. The van der Waals surface area contributed by atoms with Crippen molar-refractivity contribution < 1.29 is 14.6 Å². The molecular weight excluding hydrogens is 252 g/mol. The molecule has 0 aromatic heterocycles. The second kappa shape index (κ2) is 6.42. The molecule has 0 bridgehead atoms. The number of aromatic hydroxyl groups is 1. The van der Waals surface area contributed by atoms with E-state index in [1.54, 1.807) is 17.7 Å². The van der Waals surface area contributed by atoms with Crippen molar-refractivity contribution in [1.29, 1.82) is 0 Å². The maximum Gasteiger partial charge on any atom is 0.161 e. The van der Waals surface area contributed by atoms with Crippen molar-refractivity contribution >= 4 is 0 Å². The Kier molecular flexibility index (Phi) is 4.38. The molecule has 1 N–H and O–H groups in total. The van der Waals surface area contributed by atoms with Crippen molar-refractivity contribution in [2.45, 2.75) is 44.3 Å². The summed E-state index contributed by atoms with van der Waals surface area (Å²) in [5, 5.41) is 9.34. The predicted octanol–water partition coefficient (Wildman–Crippen LogP) is 3.74. The van der Waals surface area contributed by atoms with Gasteiger partial charge >= 0.3 is 0 Å². The molecule has 0 amide bonds. The Balaban J connectivity index is 1.51. The molecule has 1 saturated carbocycles. The maximum atomic E-state index is 9.34. The van der Waals surface area contributed by atoms with Gasteiger partial charge in [0.15, 0.2) is 6.29 Å². The summed E-state index contributed by atoms with van der Waals surface area (Å²) in [6.45, 7) is 1.47. The summed E-state index contributed by atoms with van der Waals surface area (Å²) in [5.41, 5.74) is 2.89. The van der Waals surface area contributed by atoms with Crippen molar-refractivity contribution in [1.82, 2.24) is 0 Å². The van der Waals surface area contributed by atoms with Gasteiger partial charge in [-0.25, -0.2) is 0 Å². The van der Waals surface area contributed by atoms with Crippen LogP contribution >= 0.6 is 0 Å². The molecule has 1 aromatic rings. The van der Waals surface area contributed by atoms with E-state index in [1.807, 2.05) is 0 Å². The molecule has 2 aliphatic rings. The van der Waals surface area contributed by atoms with Crippen LogP contribution in [0.3, 0.4) is 0 Å². The monoisotopic (exact) mass is 274 g/mol. The van der Waals surface area contributed by atoms with Gasteiger partial charge in [0, 0.05) is 6.42 Å². The first kappa shape index (κ1) is 13.7. The van der Waals surface area contributed by atoms with E-state index >= 15 is 0 Å². The fourth-order valence-electron chi connectivity index (χ4n) is 3.08. The maximum absolute atomic E-state index is 9.34. The summed E-state index contributed by atoms with van der Waals surface area (Å²) in [6.07, 6.45) is 7.91. The largest absolute Gasteiger partial charge is 0.508 e. The molecular formula is C17H22O3. The number of phenols is 1. The van der Waals surface area contributed by atoms with Crippen LogP contribution < -0.4 is 0 Å². The van der Waals surface area contributed by atoms with Crippen molar-refractivity contribution in [3.63, 3.8) is 0 Å². The van der Waals surface area contributed by atoms with Crippen LogP contribution in [-0.2, 0) is 9.47 Å². The molecule has 1 aliphatic carbocycles. The first-order valence-corrected chi connectivity index (χ1v) is 7.51. The second-order valence-electron chi connectivity index (χ2n) is 5.64. The van der Waals surface area contributed by atoms with Crippen molar-refractivity contribution in [3.05, 3.63) is 41.5 Å². The third kappa shape index (κ3) is 3.41. The Labute approximate surface area is 120 Å². The molecule has 2 fully saturated rings. The Morgan fingerprint density at radius 3 is 2.35 bits per heavy atom. The van der Waals surface area contributed by atoms with Crippen LogP contribution in [-0.4, -0.2) is 24.6 Å². The lowest BCUT2D eigenvalue weighted by Gasteiger charge is -2.24. The topological polar surface area (TPSA) is 38.7 Å². The van der Waals surface area contributed by atoms with E-state index in [9.17, 15) is 5.11 Å². The van der Waals surface area contributed by atoms with Crippen LogP contribution in [0.1, 0.15) is 43.6 Å². The van der Waals surface area contributed by atoms with Gasteiger partial charge in [0.1, 0.15) is 5.75 Å². The number of allylic oxidation sites excluding steroid dienone is 1. The minimum absolute atomic E-state index is 0.0164. The van der Waals surface area contributed by atoms with Crippen molar-refractivity contribution in [2.24, 2.45) is 0 Å². The summed E-state index contributed by atoms with van der Waals surface area (Å²) in [4.78, 5) is 0. The normalized spacial score (nSPS) is 24.0. The Morgan fingerprint density at radius 1 is 1.05 bits per heavy atom. The number of hydrogen-bond donors (Lipinski definition) is 1. The average Bonchev–Trinajstić information content (AvgIpc) is 3.00. The minimum Gasteiger partial charge on any atom is -0.508 e. The molecule has 1 aromatic carbocycles. The van der Waals surface area contributed by atoms with Gasteiger partial charge in [-0.3, -0.25) is 0 Å². The summed E-state index contributed by atoms with van der Waals surface area (Å²) >= 11 is 0. The molecule has 0 spiro atoms. The highest BCUT2D eigenvalue weighted by Crippen LogP contribution is 2.36. The Hall–Kier alpha value is -1.32. The number of rotatable bonds is 3. The van der Waals surface area contributed by atoms with Crippen molar-refractivity contribution in [2.75, 3.05) is 13.2 Å². The van der Waals surface area contributed by atoms with E-state index in [0.29, 0.717) is 11.7 Å². The molecule has 0 radical (unpaired) electrons. The van der Waals surface area contributed by atoms with Gasteiger partial charge in [0.25, 0.3) is 0 Å². The van der Waals surface area contributed by atoms with E-state index in [0.717, 1.165) is 32.5 Å². The van der Waals surface area contributed by atoms with E-state index in [2.05, 4.69) is 18.2 Å².